The van der Waals surface area contributed by atoms with E-state index in [4.69, 9.17) is 0 Å². The Morgan fingerprint density at radius 2 is 2.11 bits per heavy atom. The molecule has 2 nitrogen and oxygen atoms in total. The lowest BCUT2D eigenvalue weighted by atomic mass is 9.80. The predicted octanol–water partition coefficient (Wildman–Crippen LogP) is 4.07. The Balaban J connectivity index is 1.89. The lowest BCUT2D eigenvalue weighted by molar-refractivity contribution is 0.227. The van der Waals surface area contributed by atoms with E-state index in [1.54, 1.807) is 6.07 Å². The predicted molar refractivity (Wildman–Crippen MR) is 78.6 cm³/mol. The standard InChI is InChI=1S/C15H22BrNO/c1-10-3-5-14(11(2)7-10)17-9-12-4-6-15(18)13(16)8-12/h4,6,8,10-11,14,17-18H,3,5,7,9H2,1-2H3. The van der Waals surface area contributed by atoms with E-state index in [2.05, 4.69) is 35.1 Å². The van der Waals surface area contributed by atoms with Gasteiger partial charge in [0.05, 0.1) is 4.47 Å². The third kappa shape index (κ3) is 3.48. The molecule has 18 heavy (non-hydrogen) atoms. The van der Waals surface area contributed by atoms with Gasteiger partial charge < -0.3 is 10.4 Å². The van der Waals surface area contributed by atoms with Gasteiger partial charge in [0.1, 0.15) is 5.75 Å². The fourth-order valence-electron chi connectivity index (χ4n) is 2.88. The largest absolute Gasteiger partial charge is 0.507 e. The highest BCUT2D eigenvalue weighted by Gasteiger charge is 2.24. The van der Waals surface area contributed by atoms with Crippen LogP contribution in [-0.4, -0.2) is 11.1 Å². The highest BCUT2D eigenvalue weighted by atomic mass is 79.9. The normalized spacial score (nSPS) is 28.3. The Kier molecular flexibility index (Phi) is 4.68. The van der Waals surface area contributed by atoms with Crippen LogP contribution in [0, 0.1) is 11.8 Å². The molecular formula is C15H22BrNO. The topological polar surface area (TPSA) is 32.3 Å². The van der Waals surface area contributed by atoms with Crippen molar-refractivity contribution >= 4 is 15.9 Å². The quantitative estimate of drug-likeness (QED) is 0.882. The molecule has 0 spiro atoms. The molecule has 0 saturated heterocycles. The second kappa shape index (κ2) is 6.07. The van der Waals surface area contributed by atoms with Crippen molar-refractivity contribution in [3.05, 3.63) is 28.2 Å². The number of rotatable bonds is 3. The van der Waals surface area contributed by atoms with E-state index in [-0.39, 0.29) is 0 Å². The highest BCUT2D eigenvalue weighted by molar-refractivity contribution is 9.10. The summed E-state index contributed by atoms with van der Waals surface area (Å²) in [4.78, 5) is 0. The van der Waals surface area contributed by atoms with Crippen LogP contribution in [0.4, 0.5) is 0 Å². The first kappa shape index (κ1) is 13.9. The Bertz CT molecular complexity index is 407. The number of aromatic hydroxyl groups is 1. The maximum Gasteiger partial charge on any atom is 0.129 e. The molecule has 2 N–H and O–H groups in total. The molecule has 0 heterocycles. The van der Waals surface area contributed by atoms with Crippen molar-refractivity contribution in [2.45, 2.75) is 45.7 Å². The molecule has 1 fully saturated rings. The van der Waals surface area contributed by atoms with Crippen LogP contribution in [0.25, 0.3) is 0 Å². The summed E-state index contributed by atoms with van der Waals surface area (Å²) >= 11 is 3.35. The Labute approximate surface area is 118 Å². The SMILES string of the molecule is CC1CCC(NCc2ccc(O)c(Br)c2)C(C)C1. The van der Waals surface area contributed by atoms with Crippen molar-refractivity contribution in [2.75, 3.05) is 0 Å². The number of hydrogen-bond acceptors (Lipinski definition) is 2. The van der Waals surface area contributed by atoms with Gasteiger partial charge in [-0.2, -0.15) is 0 Å². The third-order valence-corrected chi connectivity index (χ3v) is 4.65. The zero-order valence-corrected chi connectivity index (χ0v) is 12.7. The maximum atomic E-state index is 9.46. The third-order valence-electron chi connectivity index (χ3n) is 4.01. The number of benzene rings is 1. The van der Waals surface area contributed by atoms with Crippen molar-refractivity contribution in [3.63, 3.8) is 0 Å². The average Bonchev–Trinajstić information content (AvgIpc) is 2.32. The summed E-state index contributed by atoms with van der Waals surface area (Å²) in [5, 5.41) is 13.1. The van der Waals surface area contributed by atoms with Gasteiger partial charge in [0.2, 0.25) is 0 Å². The zero-order valence-electron chi connectivity index (χ0n) is 11.1. The fraction of sp³-hybridized carbons (Fsp3) is 0.600. The number of halogens is 1. The Morgan fingerprint density at radius 3 is 2.78 bits per heavy atom. The molecule has 0 aliphatic heterocycles. The zero-order chi connectivity index (χ0) is 13.1. The maximum absolute atomic E-state index is 9.46. The van der Waals surface area contributed by atoms with Crippen molar-refractivity contribution < 1.29 is 5.11 Å². The number of nitrogens with one attached hydrogen (secondary N) is 1. The van der Waals surface area contributed by atoms with Crippen LogP contribution < -0.4 is 5.32 Å². The molecule has 2 rings (SSSR count). The van der Waals surface area contributed by atoms with Crippen molar-refractivity contribution in [2.24, 2.45) is 11.8 Å². The van der Waals surface area contributed by atoms with Gasteiger partial charge in [0.25, 0.3) is 0 Å². The Morgan fingerprint density at radius 1 is 1.33 bits per heavy atom. The molecular weight excluding hydrogens is 290 g/mol. The minimum Gasteiger partial charge on any atom is -0.507 e. The number of hydrogen-bond donors (Lipinski definition) is 2. The molecule has 100 valence electrons. The fourth-order valence-corrected chi connectivity index (χ4v) is 3.30. The first-order valence-corrected chi connectivity index (χ1v) is 7.56. The second-order valence-corrected chi connectivity index (χ2v) is 6.52. The van der Waals surface area contributed by atoms with Crippen LogP contribution >= 0.6 is 15.9 Å². The van der Waals surface area contributed by atoms with Crippen LogP contribution in [0.1, 0.15) is 38.7 Å². The summed E-state index contributed by atoms with van der Waals surface area (Å²) in [7, 11) is 0. The van der Waals surface area contributed by atoms with Crippen molar-refractivity contribution in [1.82, 2.24) is 5.32 Å². The van der Waals surface area contributed by atoms with E-state index < -0.39 is 0 Å². The van der Waals surface area contributed by atoms with E-state index >= 15 is 0 Å². The van der Waals surface area contributed by atoms with Crippen LogP contribution in [0.5, 0.6) is 5.75 Å². The number of phenols is 1. The molecule has 1 aliphatic carbocycles. The Hall–Kier alpha value is -0.540. The molecule has 3 atom stereocenters. The summed E-state index contributed by atoms with van der Waals surface area (Å²) in [6, 6.07) is 6.34. The molecule has 1 saturated carbocycles. The van der Waals surface area contributed by atoms with Gasteiger partial charge in [-0.3, -0.25) is 0 Å². The molecule has 3 heteroatoms. The van der Waals surface area contributed by atoms with Gasteiger partial charge in [0.15, 0.2) is 0 Å². The minimum absolute atomic E-state index is 0.304. The summed E-state index contributed by atoms with van der Waals surface area (Å²) in [5.74, 6) is 1.94. The molecule has 1 aromatic carbocycles. The van der Waals surface area contributed by atoms with Gasteiger partial charge in [-0.25, -0.2) is 0 Å². The molecule has 1 aliphatic rings. The summed E-state index contributed by atoms with van der Waals surface area (Å²) in [5.41, 5.74) is 1.21. The van der Waals surface area contributed by atoms with E-state index in [9.17, 15) is 5.11 Å². The van der Waals surface area contributed by atoms with E-state index in [0.717, 1.165) is 22.9 Å². The van der Waals surface area contributed by atoms with Gasteiger partial charge in [-0.15, -0.1) is 0 Å². The van der Waals surface area contributed by atoms with Gasteiger partial charge in [0, 0.05) is 12.6 Å². The van der Waals surface area contributed by atoms with Crippen LogP contribution in [0.15, 0.2) is 22.7 Å². The minimum atomic E-state index is 0.304. The molecule has 3 unspecified atom stereocenters. The highest BCUT2D eigenvalue weighted by Crippen LogP contribution is 2.29. The van der Waals surface area contributed by atoms with E-state index in [0.29, 0.717) is 11.8 Å². The van der Waals surface area contributed by atoms with E-state index in [1.807, 2.05) is 12.1 Å². The lowest BCUT2D eigenvalue weighted by Gasteiger charge is -2.33. The second-order valence-electron chi connectivity index (χ2n) is 5.67. The summed E-state index contributed by atoms with van der Waals surface area (Å²) in [6.45, 7) is 5.58. The first-order chi connectivity index (χ1) is 8.56. The van der Waals surface area contributed by atoms with Crippen molar-refractivity contribution in [1.29, 1.82) is 0 Å². The monoisotopic (exact) mass is 311 g/mol. The molecule has 0 radical (unpaired) electrons. The van der Waals surface area contributed by atoms with E-state index in [1.165, 1.54) is 24.8 Å². The summed E-state index contributed by atoms with van der Waals surface area (Å²) in [6.07, 6.45) is 3.94. The van der Waals surface area contributed by atoms with Crippen LogP contribution in [-0.2, 0) is 6.54 Å². The first-order valence-electron chi connectivity index (χ1n) is 6.77. The average molecular weight is 312 g/mol. The molecule has 0 bridgehead atoms. The van der Waals surface area contributed by atoms with Crippen LogP contribution in [0.2, 0.25) is 0 Å². The lowest BCUT2D eigenvalue weighted by Crippen LogP contribution is -2.38. The molecule has 0 aromatic heterocycles. The smallest absolute Gasteiger partial charge is 0.129 e. The molecule has 0 amide bonds. The summed E-state index contributed by atoms with van der Waals surface area (Å²) < 4.78 is 0.770. The van der Waals surface area contributed by atoms with Gasteiger partial charge >= 0.3 is 0 Å². The van der Waals surface area contributed by atoms with Gasteiger partial charge in [-0.05, 0) is 64.7 Å². The van der Waals surface area contributed by atoms with Gasteiger partial charge in [-0.1, -0.05) is 19.9 Å². The number of phenolic OH excluding ortho intramolecular Hbond substituents is 1. The van der Waals surface area contributed by atoms with Crippen molar-refractivity contribution in [3.8, 4) is 5.75 Å². The van der Waals surface area contributed by atoms with Crippen LogP contribution in [0.3, 0.4) is 0 Å². The molecule has 1 aromatic rings.